The van der Waals surface area contributed by atoms with Gasteiger partial charge in [0.25, 0.3) is 0 Å². The number of hydrogen-bond acceptors (Lipinski definition) is 4. The number of fused-ring (bicyclic) bond motifs is 3. The first-order valence-electron chi connectivity index (χ1n) is 12.4. The van der Waals surface area contributed by atoms with Crippen molar-refractivity contribution >= 4 is 18.0 Å². The lowest BCUT2D eigenvalue weighted by atomic mass is 9.66. The van der Waals surface area contributed by atoms with Crippen LogP contribution in [0.3, 0.4) is 0 Å². The Hall–Kier alpha value is -3.35. The lowest BCUT2D eigenvalue weighted by Gasteiger charge is -2.42. The van der Waals surface area contributed by atoms with Crippen molar-refractivity contribution in [3.8, 4) is 11.1 Å². The SMILES string of the molecule is CC(C)CN(CC(=O)O)C(=O)CC1(CNC(=O)OCC2c3ccccc3-c3ccccc32)CCC1. The van der Waals surface area contributed by atoms with Crippen LogP contribution in [0.2, 0.25) is 0 Å². The number of benzene rings is 2. The van der Waals surface area contributed by atoms with Crippen molar-refractivity contribution in [1.29, 1.82) is 0 Å². The molecule has 0 aromatic heterocycles. The molecule has 4 rings (SSSR count). The van der Waals surface area contributed by atoms with Gasteiger partial charge in [-0.15, -0.1) is 0 Å². The maximum absolute atomic E-state index is 12.9. The summed E-state index contributed by atoms with van der Waals surface area (Å²) in [5.41, 5.74) is 4.33. The molecule has 2 aromatic carbocycles. The minimum Gasteiger partial charge on any atom is -0.480 e. The molecule has 35 heavy (non-hydrogen) atoms. The third kappa shape index (κ3) is 5.66. The van der Waals surface area contributed by atoms with Crippen LogP contribution in [0, 0.1) is 11.3 Å². The topological polar surface area (TPSA) is 95.9 Å². The van der Waals surface area contributed by atoms with Crippen LogP contribution in [0.15, 0.2) is 48.5 Å². The molecule has 0 atom stereocenters. The monoisotopic (exact) mass is 478 g/mol. The van der Waals surface area contributed by atoms with Gasteiger partial charge in [-0.3, -0.25) is 9.59 Å². The van der Waals surface area contributed by atoms with Crippen LogP contribution in [0.1, 0.15) is 56.6 Å². The van der Waals surface area contributed by atoms with Gasteiger partial charge < -0.3 is 20.1 Å². The van der Waals surface area contributed by atoms with Gasteiger partial charge in [-0.25, -0.2) is 4.79 Å². The molecular weight excluding hydrogens is 444 g/mol. The molecule has 0 bridgehead atoms. The molecule has 0 aliphatic heterocycles. The molecule has 1 saturated carbocycles. The highest BCUT2D eigenvalue weighted by atomic mass is 16.5. The second-order valence-corrected chi connectivity index (χ2v) is 10.3. The van der Waals surface area contributed by atoms with Crippen molar-refractivity contribution in [2.75, 3.05) is 26.2 Å². The van der Waals surface area contributed by atoms with Crippen molar-refractivity contribution in [2.45, 2.75) is 45.4 Å². The summed E-state index contributed by atoms with van der Waals surface area (Å²) in [5, 5.41) is 12.1. The average Bonchev–Trinajstić information content (AvgIpc) is 3.12. The van der Waals surface area contributed by atoms with Gasteiger partial charge >= 0.3 is 12.1 Å². The van der Waals surface area contributed by atoms with E-state index >= 15 is 0 Å². The Morgan fingerprint density at radius 3 is 2.17 bits per heavy atom. The minimum absolute atomic E-state index is 0.00648. The first-order valence-corrected chi connectivity index (χ1v) is 12.4. The number of ether oxygens (including phenoxy) is 1. The molecule has 0 saturated heterocycles. The van der Waals surface area contributed by atoms with Crippen LogP contribution in [-0.4, -0.2) is 54.2 Å². The number of rotatable bonds is 10. The van der Waals surface area contributed by atoms with Crippen LogP contribution in [0.5, 0.6) is 0 Å². The first kappa shape index (κ1) is 24.8. The molecule has 2 N–H and O–H groups in total. The normalized spacial score (nSPS) is 15.6. The lowest BCUT2D eigenvalue weighted by molar-refractivity contribution is -0.146. The number of carboxylic acids is 1. The third-order valence-electron chi connectivity index (χ3n) is 7.16. The summed E-state index contributed by atoms with van der Waals surface area (Å²) < 4.78 is 5.64. The maximum Gasteiger partial charge on any atom is 0.407 e. The fourth-order valence-electron chi connectivity index (χ4n) is 5.29. The highest BCUT2D eigenvalue weighted by Crippen LogP contribution is 2.45. The smallest absolute Gasteiger partial charge is 0.407 e. The third-order valence-corrected chi connectivity index (χ3v) is 7.16. The Morgan fingerprint density at radius 2 is 1.66 bits per heavy atom. The van der Waals surface area contributed by atoms with E-state index in [1.807, 2.05) is 38.1 Å². The number of carbonyl (C=O) groups excluding carboxylic acids is 2. The van der Waals surface area contributed by atoms with E-state index in [4.69, 9.17) is 4.74 Å². The van der Waals surface area contributed by atoms with Crippen LogP contribution < -0.4 is 5.32 Å². The predicted molar refractivity (Wildman–Crippen MR) is 133 cm³/mol. The molecule has 7 nitrogen and oxygen atoms in total. The van der Waals surface area contributed by atoms with Gasteiger partial charge in [-0.1, -0.05) is 68.8 Å². The Kier molecular flexibility index (Phi) is 7.43. The summed E-state index contributed by atoms with van der Waals surface area (Å²) in [4.78, 5) is 38.2. The molecule has 1 fully saturated rings. The Balaban J connectivity index is 1.33. The summed E-state index contributed by atoms with van der Waals surface area (Å²) >= 11 is 0. The van der Waals surface area contributed by atoms with Gasteiger partial charge in [0.05, 0.1) is 0 Å². The number of amides is 2. The van der Waals surface area contributed by atoms with Crippen molar-refractivity contribution in [3.05, 3.63) is 59.7 Å². The molecule has 0 heterocycles. The first-order chi connectivity index (χ1) is 16.8. The average molecular weight is 479 g/mol. The van der Waals surface area contributed by atoms with Crippen molar-refractivity contribution in [3.63, 3.8) is 0 Å². The summed E-state index contributed by atoms with van der Waals surface area (Å²) in [6.45, 7) is 4.61. The summed E-state index contributed by atoms with van der Waals surface area (Å²) in [6.07, 6.45) is 2.38. The van der Waals surface area contributed by atoms with Gasteiger partial charge in [-0.2, -0.15) is 0 Å². The molecule has 0 spiro atoms. The fraction of sp³-hybridized carbons (Fsp3) is 0.464. The number of nitrogens with one attached hydrogen (secondary N) is 1. The molecule has 0 unspecified atom stereocenters. The second-order valence-electron chi connectivity index (χ2n) is 10.3. The molecule has 186 valence electrons. The van der Waals surface area contributed by atoms with Crippen molar-refractivity contribution in [2.24, 2.45) is 11.3 Å². The molecule has 2 aliphatic rings. The molecule has 2 aliphatic carbocycles. The molecule has 2 amide bonds. The van der Waals surface area contributed by atoms with E-state index in [0.29, 0.717) is 13.1 Å². The van der Waals surface area contributed by atoms with E-state index in [1.54, 1.807) is 0 Å². The highest BCUT2D eigenvalue weighted by Gasteiger charge is 2.40. The quantitative estimate of drug-likeness (QED) is 0.518. The van der Waals surface area contributed by atoms with Crippen LogP contribution in [-0.2, 0) is 14.3 Å². The standard InChI is InChI=1S/C28H34N2O5/c1-19(2)15-30(16-26(32)33)25(31)14-28(12-7-13-28)18-29-27(34)35-17-24-22-10-5-3-8-20(22)21-9-4-6-11-23(21)24/h3-6,8-11,19,24H,7,12-18H2,1-2H3,(H,29,34)(H,32,33). The molecular formula is C28H34N2O5. The van der Waals surface area contributed by atoms with Crippen LogP contribution >= 0.6 is 0 Å². The van der Waals surface area contributed by atoms with E-state index in [1.165, 1.54) is 16.0 Å². The zero-order chi connectivity index (χ0) is 25.0. The number of aliphatic carboxylic acids is 1. The largest absolute Gasteiger partial charge is 0.480 e. The van der Waals surface area contributed by atoms with Crippen molar-refractivity contribution < 1.29 is 24.2 Å². The number of nitrogens with zero attached hydrogens (tertiary/aromatic N) is 1. The van der Waals surface area contributed by atoms with E-state index in [9.17, 15) is 19.5 Å². The van der Waals surface area contributed by atoms with E-state index in [2.05, 4.69) is 29.6 Å². The summed E-state index contributed by atoms with van der Waals surface area (Å²) in [7, 11) is 0. The predicted octanol–water partition coefficient (Wildman–Crippen LogP) is 4.65. The van der Waals surface area contributed by atoms with E-state index < -0.39 is 12.1 Å². The van der Waals surface area contributed by atoms with Gasteiger partial charge in [0, 0.05) is 25.4 Å². The van der Waals surface area contributed by atoms with Crippen LogP contribution in [0.4, 0.5) is 4.79 Å². The molecule has 2 aromatic rings. The van der Waals surface area contributed by atoms with Crippen molar-refractivity contribution in [1.82, 2.24) is 10.2 Å². The molecule has 0 radical (unpaired) electrons. The Labute approximate surface area is 206 Å². The van der Waals surface area contributed by atoms with Gasteiger partial charge in [0.2, 0.25) is 5.91 Å². The van der Waals surface area contributed by atoms with Gasteiger partial charge in [0.1, 0.15) is 13.2 Å². The summed E-state index contributed by atoms with van der Waals surface area (Å²) in [6, 6.07) is 16.4. The zero-order valence-electron chi connectivity index (χ0n) is 20.5. The Bertz CT molecular complexity index is 1050. The fourth-order valence-corrected chi connectivity index (χ4v) is 5.29. The molecule has 7 heteroatoms. The van der Waals surface area contributed by atoms with E-state index in [0.717, 1.165) is 30.4 Å². The van der Waals surface area contributed by atoms with Gasteiger partial charge in [0.15, 0.2) is 0 Å². The minimum atomic E-state index is -1.02. The summed E-state index contributed by atoms with van der Waals surface area (Å²) in [5.74, 6) is -1.02. The number of hydrogen-bond donors (Lipinski definition) is 2. The number of carboxylic acid groups (broad SMARTS) is 1. The van der Waals surface area contributed by atoms with E-state index in [-0.39, 0.29) is 42.7 Å². The number of carbonyl (C=O) groups is 3. The van der Waals surface area contributed by atoms with Crippen LogP contribution in [0.25, 0.3) is 11.1 Å². The Morgan fingerprint density at radius 1 is 1.06 bits per heavy atom. The zero-order valence-corrected chi connectivity index (χ0v) is 20.5. The highest BCUT2D eigenvalue weighted by molar-refractivity contribution is 5.82. The van der Waals surface area contributed by atoms with Gasteiger partial charge in [-0.05, 0) is 46.4 Å². The second kappa shape index (κ2) is 10.5. The lowest BCUT2D eigenvalue weighted by Crippen LogP contribution is -2.47. The maximum atomic E-state index is 12.9. The number of alkyl carbamates (subject to hydrolysis) is 1.